The summed E-state index contributed by atoms with van der Waals surface area (Å²) in [6.45, 7) is 5.93. The fourth-order valence-electron chi connectivity index (χ4n) is 2.26. The van der Waals surface area contributed by atoms with Crippen molar-refractivity contribution in [1.82, 2.24) is 4.90 Å². The van der Waals surface area contributed by atoms with Gasteiger partial charge in [0, 0.05) is 24.2 Å². The molecule has 108 valence electrons. The van der Waals surface area contributed by atoms with Gasteiger partial charge in [-0.05, 0) is 37.5 Å². The van der Waals surface area contributed by atoms with Crippen LogP contribution >= 0.6 is 0 Å². The standard InChI is InChI=1S/C17H23NO2/c1-5-15(6-2)18(4)17(20)16-12-14(8-7-11-19)10-9-13(16)3/h9-10,12,15,19H,5-6,11H2,1-4H3. The monoisotopic (exact) mass is 273 g/mol. The highest BCUT2D eigenvalue weighted by atomic mass is 16.2. The van der Waals surface area contributed by atoms with Gasteiger partial charge in [-0.25, -0.2) is 0 Å². The van der Waals surface area contributed by atoms with Crippen molar-refractivity contribution < 1.29 is 9.90 Å². The van der Waals surface area contributed by atoms with Crippen molar-refractivity contribution in [2.75, 3.05) is 13.7 Å². The molecule has 0 fully saturated rings. The number of carbonyl (C=O) groups excluding carboxylic acids is 1. The first kappa shape index (κ1) is 16.3. The zero-order valence-electron chi connectivity index (χ0n) is 12.7. The predicted molar refractivity (Wildman–Crippen MR) is 81.6 cm³/mol. The highest BCUT2D eigenvalue weighted by Gasteiger charge is 2.19. The second-order valence-electron chi connectivity index (χ2n) is 4.88. The fourth-order valence-corrected chi connectivity index (χ4v) is 2.26. The van der Waals surface area contributed by atoms with E-state index in [4.69, 9.17) is 5.11 Å². The van der Waals surface area contributed by atoms with Gasteiger partial charge in [0.05, 0.1) is 0 Å². The molecule has 0 unspecified atom stereocenters. The third kappa shape index (κ3) is 3.85. The van der Waals surface area contributed by atoms with Crippen LogP contribution in [0.2, 0.25) is 0 Å². The van der Waals surface area contributed by atoms with Gasteiger partial charge in [-0.1, -0.05) is 31.8 Å². The van der Waals surface area contributed by atoms with Crippen molar-refractivity contribution in [3.05, 3.63) is 34.9 Å². The summed E-state index contributed by atoms with van der Waals surface area (Å²) in [7, 11) is 1.85. The molecule has 1 N–H and O–H groups in total. The fraction of sp³-hybridized carbons (Fsp3) is 0.471. The maximum absolute atomic E-state index is 12.6. The Labute approximate surface area is 121 Å². The Balaban J connectivity index is 3.08. The van der Waals surface area contributed by atoms with Gasteiger partial charge in [-0.3, -0.25) is 4.79 Å². The van der Waals surface area contributed by atoms with Crippen molar-refractivity contribution in [1.29, 1.82) is 0 Å². The normalized spacial score (nSPS) is 10.1. The zero-order valence-corrected chi connectivity index (χ0v) is 12.7. The van der Waals surface area contributed by atoms with Crippen molar-refractivity contribution in [3.8, 4) is 11.8 Å². The van der Waals surface area contributed by atoms with E-state index in [2.05, 4.69) is 25.7 Å². The first-order valence-electron chi connectivity index (χ1n) is 7.02. The molecule has 3 heteroatoms. The Morgan fingerprint density at radius 1 is 1.35 bits per heavy atom. The lowest BCUT2D eigenvalue weighted by atomic mass is 10.0. The molecule has 0 bridgehead atoms. The van der Waals surface area contributed by atoms with Crippen LogP contribution in [-0.4, -0.2) is 35.6 Å². The number of rotatable bonds is 4. The molecule has 20 heavy (non-hydrogen) atoms. The van der Waals surface area contributed by atoms with Crippen LogP contribution < -0.4 is 0 Å². The summed E-state index contributed by atoms with van der Waals surface area (Å²) in [6, 6.07) is 5.83. The second kappa shape index (κ2) is 7.72. The summed E-state index contributed by atoms with van der Waals surface area (Å²) in [5.41, 5.74) is 2.39. The van der Waals surface area contributed by atoms with Gasteiger partial charge in [-0.2, -0.15) is 0 Å². The van der Waals surface area contributed by atoms with E-state index in [0.29, 0.717) is 5.56 Å². The van der Waals surface area contributed by atoms with E-state index in [0.717, 1.165) is 24.0 Å². The molecule has 0 aromatic heterocycles. The van der Waals surface area contributed by atoms with E-state index in [1.54, 1.807) is 6.07 Å². The summed E-state index contributed by atoms with van der Waals surface area (Å²) in [4.78, 5) is 14.4. The molecule has 1 aromatic carbocycles. The summed E-state index contributed by atoms with van der Waals surface area (Å²) in [6.07, 6.45) is 1.89. The Hall–Kier alpha value is -1.79. The summed E-state index contributed by atoms with van der Waals surface area (Å²) in [5, 5.41) is 8.74. The van der Waals surface area contributed by atoms with E-state index < -0.39 is 0 Å². The lowest BCUT2D eigenvalue weighted by Crippen LogP contribution is -2.36. The van der Waals surface area contributed by atoms with Crippen molar-refractivity contribution in [3.63, 3.8) is 0 Å². The second-order valence-corrected chi connectivity index (χ2v) is 4.88. The van der Waals surface area contributed by atoms with Crippen LogP contribution in [0.25, 0.3) is 0 Å². The number of hydrogen-bond donors (Lipinski definition) is 1. The SMILES string of the molecule is CCC(CC)N(C)C(=O)c1cc(C#CCO)ccc1C. The largest absolute Gasteiger partial charge is 0.384 e. The molecule has 1 rings (SSSR count). The van der Waals surface area contributed by atoms with Crippen molar-refractivity contribution in [2.24, 2.45) is 0 Å². The van der Waals surface area contributed by atoms with Gasteiger partial charge in [0.1, 0.15) is 6.61 Å². The smallest absolute Gasteiger partial charge is 0.254 e. The predicted octanol–water partition coefficient (Wildman–Crippen LogP) is 2.60. The van der Waals surface area contributed by atoms with E-state index >= 15 is 0 Å². The molecule has 0 spiro atoms. The molecule has 3 nitrogen and oxygen atoms in total. The maximum atomic E-state index is 12.6. The molecular weight excluding hydrogens is 250 g/mol. The van der Waals surface area contributed by atoms with Gasteiger partial charge in [-0.15, -0.1) is 0 Å². The quantitative estimate of drug-likeness (QED) is 0.857. The van der Waals surface area contributed by atoms with Crippen molar-refractivity contribution >= 4 is 5.91 Å². The van der Waals surface area contributed by atoms with Crippen LogP contribution in [-0.2, 0) is 0 Å². The Morgan fingerprint density at radius 3 is 2.55 bits per heavy atom. The number of benzene rings is 1. The molecule has 0 heterocycles. The molecule has 0 saturated carbocycles. The highest BCUT2D eigenvalue weighted by molar-refractivity contribution is 5.96. The summed E-state index contributed by atoms with van der Waals surface area (Å²) in [5.74, 6) is 5.48. The van der Waals surface area contributed by atoms with Crippen LogP contribution in [0.4, 0.5) is 0 Å². The van der Waals surface area contributed by atoms with Crippen LogP contribution in [0.15, 0.2) is 18.2 Å². The average Bonchev–Trinajstić information content (AvgIpc) is 2.46. The van der Waals surface area contributed by atoms with E-state index in [-0.39, 0.29) is 18.6 Å². The van der Waals surface area contributed by atoms with Crippen LogP contribution in [0.5, 0.6) is 0 Å². The van der Waals surface area contributed by atoms with Gasteiger partial charge < -0.3 is 10.0 Å². The molecule has 1 amide bonds. The number of carbonyl (C=O) groups is 1. The molecule has 0 radical (unpaired) electrons. The number of hydrogen-bond acceptors (Lipinski definition) is 2. The third-order valence-electron chi connectivity index (χ3n) is 3.59. The Morgan fingerprint density at radius 2 is 2.00 bits per heavy atom. The topological polar surface area (TPSA) is 40.5 Å². The number of nitrogens with zero attached hydrogens (tertiary/aromatic N) is 1. The maximum Gasteiger partial charge on any atom is 0.254 e. The molecule has 0 aliphatic rings. The van der Waals surface area contributed by atoms with E-state index in [1.807, 2.05) is 31.0 Å². The van der Waals surface area contributed by atoms with E-state index in [1.165, 1.54) is 0 Å². The molecule has 0 saturated heterocycles. The minimum Gasteiger partial charge on any atom is -0.384 e. The Bertz CT molecular complexity index is 522. The molecule has 0 aliphatic carbocycles. The first-order chi connectivity index (χ1) is 9.54. The average molecular weight is 273 g/mol. The Kier molecular flexibility index (Phi) is 6.27. The van der Waals surface area contributed by atoms with Crippen LogP contribution in [0.1, 0.15) is 48.2 Å². The summed E-state index contributed by atoms with van der Waals surface area (Å²) < 4.78 is 0. The lowest BCUT2D eigenvalue weighted by molar-refractivity contribution is 0.0723. The summed E-state index contributed by atoms with van der Waals surface area (Å²) >= 11 is 0. The molecular formula is C17H23NO2. The minimum absolute atomic E-state index is 0.0313. The molecule has 0 aliphatic heterocycles. The van der Waals surface area contributed by atoms with Gasteiger partial charge in [0.15, 0.2) is 0 Å². The van der Waals surface area contributed by atoms with Crippen LogP contribution in [0.3, 0.4) is 0 Å². The number of amides is 1. The van der Waals surface area contributed by atoms with E-state index in [9.17, 15) is 4.79 Å². The number of aliphatic hydroxyl groups excluding tert-OH is 1. The van der Waals surface area contributed by atoms with Gasteiger partial charge >= 0.3 is 0 Å². The number of aliphatic hydroxyl groups is 1. The minimum atomic E-state index is -0.176. The van der Waals surface area contributed by atoms with Crippen LogP contribution in [0, 0.1) is 18.8 Å². The highest BCUT2D eigenvalue weighted by Crippen LogP contribution is 2.16. The zero-order chi connectivity index (χ0) is 15.1. The number of aryl methyl sites for hydroxylation is 1. The molecule has 0 atom stereocenters. The van der Waals surface area contributed by atoms with Gasteiger partial charge in [0.2, 0.25) is 0 Å². The lowest BCUT2D eigenvalue weighted by Gasteiger charge is -2.27. The van der Waals surface area contributed by atoms with Gasteiger partial charge in [0.25, 0.3) is 5.91 Å². The molecule has 1 aromatic rings. The third-order valence-corrected chi connectivity index (χ3v) is 3.59. The first-order valence-corrected chi connectivity index (χ1v) is 7.02. The van der Waals surface area contributed by atoms with Crippen molar-refractivity contribution in [2.45, 2.75) is 39.7 Å².